The molecule has 21 heavy (non-hydrogen) atoms. The maximum Gasteiger partial charge on any atom is 0.270 e. The van der Waals surface area contributed by atoms with E-state index in [2.05, 4.69) is 5.16 Å². The number of benzene rings is 1. The Labute approximate surface area is 121 Å². The van der Waals surface area contributed by atoms with E-state index in [1.165, 1.54) is 22.5 Å². The quantitative estimate of drug-likeness (QED) is 0.515. The van der Waals surface area contributed by atoms with Crippen LogP contribution in [0.1, 0.15) is 13.3 Å². The number of piperidine rings is 1. The van der Waals surface area contributed by atoms with Gasteiger partial charge >= 0.3 is 0 Å². The smallest absolute Gasteiger partial charge is 0.270 e. The van der Waals surface area contributed by atoms with Crippen LogP contribution in [-0.4, -0.2) is 41.7 Å². The Morgan fingerprint density at radius 1 is 1.48 bits per heavy atom. The van der Waals surface area contributed by atoms with Gasteiger partial charge in [-0.2, -0.15) is 4.31 Å². The molecule has 1 N–H and O–H groups in total. The van der Waals surface area contributed by atoms with Gasteiger partial charge in [0.2, 0.25) is 10.0 Å². The second-order valence-corrected chi connectivity index (χ2v) is 6.80. The fourth-order valence-electron chi connectivity index (χ4n) is 2.26. The fourth-order valence-corrected chi connectivity index (χ4v) is 3.83. The van der Waals surface area contributed by atoms with Crippen molar-refractivity contribution in [2.24, 2.45) is 11.1 Å². The van der Waals surface area contributed by atoms with Gasteiger partial charge < -0.3 is 5.21 Å². The van der Waals surface area contributed by atoms with Gasteiger partial charge in [0.05, 0.1) is 15.5 Å². The summed E-state index contributed by atoms with van der Waals surface area (Å²) < 4.78 is 26.3. The van der Waals surface area contributed by atoms with Gasteiger partial charge in [-0.1, -0.05) is 18.1 Å². The molecule has 1 fully saturated rings. The molecule has 0 amide bonds. The van der Waals surface area contributed by atoms with Crippen molar-refractivity contribution in [3.05, 3.63) is 34.4 Å². The molecular formula is C12H15N3O5S. The molecule has 0 saturated carbocycles. The lowest BCUT2D eigenvalue weighted by Gasteiger charge is -2.30. The number of nitro groups is 1. The molecule has 0 spiro atoms. The van der Waals surface area contributed by atoms with E-state index < -0.39 is 14.9 Å². The Balaban J connectivity index is 2.31. The number of sulfonamides is 1. The standard InChI is InChI=1S/C12H15N3O5S/c1-9-8-14(6-5-12(9)13-16)21(19,20)11-4-2-3-10(7-11)15(17)18/h2-4,7,9,16H,5-6,8H2,1H3/b13-12+. The first kappa shape index (κ1) is 15.4. The van der Waals surface area contributed by atoms with Gasteiger partial charge in [0.1, 0.15) is 0 Å². The van der Waals surface area contributed by atoms with Crippen LogP contribution in [0.4, 0.5) is 5.69 Å². The summed E-state index contributed by atoms with van der Waals surface area (Å²) in [5.41, 5.74) is 0.291. The zero-order chi connectivity index (χ0) is 15.6. The van der Waals surface area contributed by atoms with Gasteiger partial charge in [-0.15, -0.1) is 0 Å². The Kier molecular flexibility index (Phi) is 4.24. The predicted molar refractivity (Wildman–Crippen MR) is 74.9 cm³/mol. The average Bonchev–Trinajstić information content (AvgIpc) is 2.47. The van der Waals surface area contributed by atoms with E-state index in [1.54, 1.807) is 6.92 Å². The molecule has 114 valence electrons. The summed E-state index contributed by atoms with van der Waals surface area (Å²) in [5, 5.41) is 22.7. The van der Waals surface area contributed by atoms with Gasteiger partial charge in [-0.05, 0) is 6.07 Å². The normalized spacial score (nSPS) is 22.3. The molecule has 1 saturated heterocycles. The average molecular weight is 313 g/mol. The molecule has 9 heteroatoms. The number of hydrogen-bond acceptors (Lipinski definition) is 6. The summed E-state index contributed by atoms with van der Waals surface area (Å²) in [6.07, 6.45) is 0.339. The maximum absolute atomic E-state index is 12.5. The van der Waals surface area contributed by atoms with Gasteiger partial charge in [-0.3, -0.25) is 10.1 Å². The highest BCUT2D eigenvalue weighted by atomic mass is 32.2. The number of nitrogens with zero attached hydrogens (tertiary/aromatic N) is 3. The van der Waals surface area contributed by atoms with Crippen LogP contribution in [0.2, 0.25) is 0 Å². The largest absolute Gasteiger partial charge is 0.411 e. The van der Waals surface area contributed by atoms with Crippen LogP contribution in [0.25, 0.3) is 0 Å². The van der Waals surface area contributed by atoms with Crippen LogP contribution < -0.4 is 0 Å². The first-order chi connectivity index (χ1) is 9.86. The monoisotopic (exact) mass is 313 g/mol. The second kappa shape index (κ2) is 5.78. The Morgan fingerprint density at radius 3 is 2.76 bits per heavy atom. The minimum Gasteiger partial charge on any atom is -0.411 e. The van der Waals surface area contributed by atoms with Crippen molar-refractivity contribution in [3.8, 4) is 0 Å². The molecule has 8 nitrogen and oxygen atoms in total. The molecule has 1 aliphatic rings. The Bertz CT molecular complexity index is 686. The molecule has 1 aliphatic heterocycles. The molecule has 0 aromatic heterocycles. The van der Waals surface area contributed by atoms with Gasteiger partial charge in [-0.25, -0.2) is 8.42 Å². The molecule has 0 bridgehead atoms. The summed E-state index contributed by atoms with van der Waals surface area (Å²) in [5.74, 6) is -0.197. The minimum absolute atomic E-state index is 0.103. The minimum atomic E-state index is -3.79. The van der Waals surface area contributed by atoms with Gasteiger partial charge in [0, 0.05) is 37.6 Å². The second-order valence-electron chi connectivity index (χ2n) is 4.86. The first-order valence-corrected chi connectivity index (χ1v) is 7.75. The lowest BCUT2D eigenvalue weighted by molar-refractivity contribution is -0.385. The van der Waals surface area contributed by atoms with Crippen LogP contribution in [0.5, 0.6) is 0 Å². The van der Waals surface area contributed by atoms with Crippen LogP contribution in [0.15, 0.2) is 34.3 Å². The van der Waals surface area contributed by atoms with Crippen molar-refractivity contribution >= 4 is 21.4 Å². The predicted octanol–water partition coefficient (Wildman–Crippen LogP) is 1.46. The van der Waals surface area contributed by atoms with Crippen molar-refractivity contribution in [1.82, 2.24) is 4.31 Å². The van der Waals surface area contributed by atoms with Crippen molar-refractivity contribution in [2.45, 2.75) is 18.2 Å². The summed E-state index contributed by atoms with van der Waals surface area (Å²) >= 11 is 0. The molecule has 1 aromatic carbocycles. The molecule has 1 unspecified atom stereocenters. The van der Waals surface area contributed by atoms with Crippen LogP contribution in [0.3, 0.4) is 0 Å². The summed E-state index contributed by atoms with van der Waals surface area (Å²) in [6.45, 7) is 2.14. The lowest BCUT2D eigenvalue weighted by Crippen LogP contribution is -2.43. The number of non-ortho nitro benzene ring substituents is 1. The number of hydrogen-bond donors (Lipinski definition) is 1. The Morgan fingerprint density at radius 2 is 2.19 bits per heavy atom. The molecule has 1 heterocycles. The van der Waals surface area contributed by atoms with E-state index in [-0.39, 0.29) is 29.6 Å². The van der Waals surface area contributed by atoms with Crippen molar-refractivity contribution < 1.29 is 18.5 Å². The summed E-state index contributed by atoms with van der Waals surface area (Å²) in [6, 6.07) is 4.98. The number of oxime groups is 1. The van der Waals surface area contributed by atoms with Crippen LogP contribution in [-0.2, 0) is 10.0 Å². The summed E-state index contributed by atoms with van der Waals surface area (Å²) in [4.78, 5) is 10.0. The highest BCUT2D eigenvalue weighted by Crippen LogP contribution is 2.24. The fraction of sp³-hybridized carbons (Fsp3) is 0.417. The third-order valence-electron chi connectivity index (χ3n) is 3.46. The topological polar surface area (TPSA) is 113 Å². The third kappa shape index (κ3) is 3.03. The van der Waals surface area contributed by atoms with E-state index in [0.717, 1.165) is 6.07 Å². The Hall–Kier alpha value is -2.00. The highest BCUT2D eigenvalue weighted by Gasteiger charge is 2.32. The van der Waals surface area contributed by atoms with Crippen LogP contribution in [0, 0.1) is 16.0 Å². The zero-order valence-corrected chi connectivity index (χ0v) is 12.2. The molecule has 1 aromatic rings. The van der Waals surface area contributed by atoms with E-state index in [1.807, 2.05) is 0 Å². The molecular weight excluding hydrogens is 298 g/mol. The highest BCUT2D eigenvalue weighted by molar-refractivity contribution is 7.89. The molecule has 1 atom stereocenters. The molecule has 2 rings (SSSR count). The number of rotatable bonds is 3. The lowest BCUT2D eigenvalue weighted by atomic mass is 10.00. The van der Waals surface area contributed by atoms with Gasteiger partial charge in [0.25, 0.3) is 5.69 Å². The zero-order valence-electron chi connectivity index (χ0n) is 11.3. The SMILES string of the molecule is CC1CN(S(=O)(=O)c2cccc([N+](=O)[O-])c2)CC/C1=N\O. The number of nitro benzene ring substituents is 1. The van der Waals surface area contributed by atoms with E-state index in [9.17, 15) is 18.5 Å². The maximum atomic E-state index is 12.5. The van der Waals surface area contributed by atoms with Crippen LogP contribution >= 0.6 is 0 Å². The van der Waals surface area contributed by atoms with E-state index in [4.69, 9.17) is 5.21 Å². The third-order valence-corrected chi connectivity index (χ3v) is 5.32. The van der Waals surface area contributed by atoms with E-state index in [0.29, 0.717) is 12.1 Å². The van der Waals surface area contributed by atoms with Crippen molar-refractivity contribution in [2.75, 3.05) is 13.1 Å². The van der Waals surface area contributed by atoms with Crippen molar-refractivity contribution in [1.29, 1.82) is 0 Å². The molecule has 0 aliphatic carbocycles. The van der Waals surface area contributed by atoms with Crippen molar-refractivity contribution in [3.63, 3.8) is 0 Å². The first-order valence-electron chi connectivity index (χ1n) is 6.31. The molecule has 0 radical (unpaired) electrons. The van der Waals surface area contributed by atoms with Gasteiger partial charge in [0.15, 0.2) is 0 Å². The summed E-state index contributed by atoms with van der Waals surface area (Å²) in [7, 11) is -3.79. The van der Waals surface area contributed by atoms with E-state index >= 15 is 0 Å².